The van der Waals surface area contributed by atoms with Gasteiger partial charge in [0.15, 0.2) is 6.29 Å². The minimum atomic E-state index is -1.43. The van der Waals surface area contributed by atoms with Gasteiger partial charge in [0.05, 0.1) is 6.61 Å². The molecule has 1 heterocycles. The van der Waals surface area contributed by atoms with Gasteiger partial charge in [-0.25, -0.2) is 0 Å². The quantitative estimate of drug-likeness (QED) is 0.389. The molecule has 0 saturated carbocycles. The molecule has 1 aliphatic rings. The molecule has 0 amide bonds. The molecule has 0 aromatic heterocycles. The van der Waals surface area contributed by atoms with E-state index >= 15 is 0 Å². The van der Waals surface area contributed by atoms with Gasteiger partial charge in [0.25, 0.3) is 0 Å². The zero-order chi connectivity index (χ0) is 11.4. The average Bonchev–Trinajstić information content (AvgIpc) is 2.25. The first-order valence-electron chi connectivity index (χ1n) is 4.47. The van der Waals surface area contributed by atoms with Crippen molar-refractivity contribution in [1.82, 2.24) is 0 Å². The highest BCUT2D eigenvalue weighted by Gasteiger charge is 2.43. The van der Waals surface area contributed by atoms with E-state index in [2.05, 4.69) is 5.92 Å². The van der Waals surface area contributed by atoms with E-state index in [9.17, 15) is 15.3 Å². The van der Waals surface area contributed by atoms with E-state index in [0.29, 0.717) is 0 Å². The maximum absolute atomic E-state index is 9.44. The number of aliphatic hydroxyl groups is 4. The molecule has 86 valence electrons. The summed E-state index contributed by atoms with van der Waals surface area (Å²) in [6.07, 6.45) is -1.36. The first-order valence-corrected chi connectivity index (χ1v) is 4.47. The van der Waals surface area contributed by atoms with Crippen LogP contribution in [0.1, 0.15) is 0 Å². The summed E-state index contributed by atoms with van der Waals surface area (Å²) in [7, 11) is 0. The molecule has 6 heteroatoms. The summed E-state index contributed by atoms with van der Waals surface area (Å²) < 4.78 is 9.91. The van der Waals surface area contributed by atoms with Crippen LogP contribution in [-0.2, 0) is 9.47 Å². The molecule has 5 atom stereocenters. The Morgan fingerprint density at radius 3 is 2.40 bits per heavy atom. The minimum Gasteiger partial charge on any atom is -0.394 e. The number of ether oxygens (including phenoxy) is 2. The smallest absolute Gasteiger partial charge is 0.187 e. The first-order chi connectivity index (χ1) is 7.11. The van der Waals surface area contributed by atoms with Crippen LogP contribution in [0.3, 0.4) is 0 Å². The average molecular weight is 218 g/mol. The summed E-state index contributed by atoms with van der Waals surface area (Å²) in [6.45, 7) is -0.580. The van der Waals surface area contributed by atoms with Crippen molar-refractivity contribution in [3.8, 4) is 12.3 Å². The van der Waals surface area contributed by atoms with Crippen LogP contribution >= 0.6 is 0 Å². The van der Waals surface area contributed by atoms with Gasteiger partial charge < -0.3 is 29.9 Å². The van der Waals surface area contributed by atoms with Gasteiger partial charge in [-0.2, -0.15) is 0 Å². The van der Waals surface area contributed by atoms with Gasteiger partial charge in [-0.3, -0.25) is 0 Å². The van der Waals surface area contributed by atoms with Crippen LogP contribution in [0.15, 0.2) is 0 Å². The molecule has 0 radical (unpaired) electrons. The lowest BCUT2D eigenvalue weighted by atomic mass is 9.99. The third-order valence-electron chi connectivity index (χ3n) is 2.18. The molecule has 15 heavy (non-hydrogen) atoms. The second kappa shape index (κ2) is 5.42. The first kappa shape index (κ1) is 12.4. The Balaban J connectivity index is 2.62. The summed E-state index contributed by atoms with van der Waals surface area (Å²) in [4.78, 5) is 0. The van der Waals surface area contributed by atoms with Crippen LogP contribution in [0.5, 0.6) is 0 Å². The Labute approximate surface area is 87.1 Å². The molecule has 0 bridgehead atoms. The standard InChI is InChI=1S/C9H14O6/c1-2-3-14-9-8(13)7(12)6(11)5(4-10)15-9/h1,5-13H,3-4H2/t5?,6-,7-,8?,9+/m0/s1. The number of hydrogen-bond donors (Lipinski definition) is 4. The van der Waals surface area contributed by atoms with Crippen LogP contribution < -0.4 is 0 Å². The van der Waals surface area contributed by atoms with Gasteiger partial charge in [0.2, 0.25) is 0 Å². The van der Waals surface area contributed by atoms with Crippen LogP contribution in [0.25, 0.3) is 0 Å². The van der Waals surface area contributed by atoms with E-state index in [1.165, 1.54) is 0 Å². The van der Waals surface area contributed by atoms with E-state index in [1.807, 2.05) is 0 Å². The highest BCUT2D eigenvalue weighted by molar-refractivity contribution is 4.90. The molecule has 1 fully saturated rings. The summed E-state index contributed by atoms with van der Waals surface area (Å²) in [5, 5.41) is 37.0. The van der Waals surface area contributed by atoms with Crippen molar-refractivity contribution >= 4 is 0 Å². The molecule has 0 aromatic carbocycles. The molecule has 0 aliphatic carbocycles. The summed E-state index contributed by atoms with van der Waals surface area (Å²) in [5.74, 6) is 2.17. The van der Waals surface area contributed by atoms with Crippen LogP contribution in [0, 0.1) is 12.3 Å². The molecule has 6 nitrogen and oxygen atoms in total. The second-order valence-corrected chi connectivity index (χ2v) is 3.21. The third kappa shape index (κ3) is 2.66. The van der Waals surface area contributed by atoms with E-state index in [-0.39, 0.29) is 6.61 Å². The predicted octanol–water partition coefficient (Wildman–Crippen LogP) is -2.56. The number of rotatable bonds is 3. The Morgan fingerprint density at radius 1 is 1.20 bits per heavy atom. The lowest BCUT2D eigenvalue weighted by Gasteiger charge is -2.39. The summed E-state index contributed by atoms with van der Waals surface area (Å²) in [6, 6.07) is 0. The highest BCUT2D eigenvalue weighted by atomic mass is 16.7. The Kier molecular flexibility index (Phi) is 4.47. The van der Waals surface area contributed by atoms with Gasteiger partial charge >= 0.3 is 0 Å². The van der Waals surface area contributed by atoms with Gasteiger partial charge in [-0.1, -0.05) is 5.92 Å². The molecular weight excluding hydrogens is 204 g/mol. The monoisotopic (exact) mass is 218 g/mol. The fraction of sp³-hybridized carbons (Fsp3) is 0.778. The van der Waals surface area contributed by atoms with Gasteiger partial charge in [-0.05, 0) is 0 Å². The van der Waals surface area contributed by atoms with Crippen molar-refractivity contribution in [3.63, 3.8) is 0 Å². The third-order valence-corrected chi connectivity index (χ3v) is 2.18. The van der Waals surface area contributed by atoms with Gasteiger partial charge in [0.1, 0.15) is 31.0 Å². The van der Waals surface area contributed by atoms with Gasteiger partial charge in [0, 0.05) is 0 Å². The number of terminal acetylenes is 1. The van der Waals surface area contributed by atoms with E-state index in [1.54, 1.807) is 0 Å². The van der Waals surface area contributed by atoms with Gasteiger partial charge in [-0.15, -0.1) is 6.42 Å². The Bertz CT molecular complexity index is 235. The highest BCUT2D eigenvalue weighted by Crippen LogP contribution is 2.21. The maximum atomic E-state index is 9.44. The molecule has 1 aliphatic heterocycles. The van der Waals surface area contributed by atoms with Crippen molar-refractivity contribution in [2.45, 2.75) is 30.7 Å². The molecule has 0 aromatic rings. The molecule has 1 rings (SSSR count). The van der Waals surface area contributed by atoms with Crippen LogP contribution in [0.4, 0.5) is 0 Å². The largest absolute Gasteiger partial charge is 0.394 e. The fourth-order valence-electron chi connectivity index (χ4n) is 1.34. The lowest BCUT2D eigenvalue weighted by molar-refractivity contribution is -0.298. The SMILES string of the molecule is C#CCO[C@@H]1OC(CO)[C@H](O)[C@H](O)C1O. The summed E-state index contributed by atoms with van der Waals surface area (Å²) >= 11 is 0. The molecule has 4 N–H and O–H groups in total. The van der Waals surface area contributed by atoms with Crippen LogP contribution in [0.2, 0.25) is 0 Å². The maximum Gasteiger partial charge on any atom is 0.187 e. The van der Waals surface area contributed by atoms with Crippen LogP contribution in [-0.4, -0.2) is 64.3 Å². The molecular formula is C9H14O6. The Morgan fingerprint density at radius 2 is 1.87 bits per heavy atom. The van der Waals surface area contributed by atoms with Crippen molar-refractivity contribution in [2.24, 2.45) is 0 Å². The molecule has 0 spiro atoms. The van der Waals surface area contributed by atoms with Crippen molar-refractivity contribution in [2.75, 3.05) is 13.2 Å². The topological polar surface area (TPSA) is 99.4 Å². The lowest BCUT2D eigenvalue weighted by Crippen LogP contribution is -2.59. The van der Waals surface area contributed by atoms with E-state index in [4.69, 9.17) is 21.0 Å². The van der Waals surface area contributed by atoms with E-state index < -0.39 is 37.3 Å². The van der Waals surface area contributed by atoms with E-state index in [0.717, 1.165) is 0 Å². The second-order valence-electron chi connectivity index (χ2n) is 3.21. The zero-order valence-electron chi connectivity index (χ0n) is 7.98. The minimum absolute atomic E-state index is 0.0946. The zero-order valence-corrected chi connectivity index (χ0v) is 7.98. The number of aliphatic hydroxyl groups excluding tert-OH is 4. The normalized spacial score (nSPS) is 41.1. The Hall–Kier alpha value is -0.680. The molecule has 2 unspecified atom stereocenters. The van der Waals surface area contributed by atoms with Crippen molar-refractivity contribution < 1.29 is 29.9 Å². The molecule has 1 saturated heterocycles. The number of hydrogen-bond acceptors (Lipinski definition) is 6. The van der Waals surface area contributed by atoms with Crippen molar-refractivity contribution in [3.05, 3.63) is 0 Å². The summed E-state index contributed by atoms with van der Waals surface area (Å²) in [5.41, 5.74) is 0. The predicted molar refractivity (Wildman–Crippen MR) is 48.6 cm³/mol. The van der Waals surface area contributed by atoms with Crippen molar-refractivity contribution in [1.29, 1.82) is 0 Å². The fourth-order valence-corrected chi connectivity index (χ4v) is 1.34.